The molecule has 1 aromatic carbocycles. The largest absolute Gasteiger partial charge is 0.496 e. The van der Waals surface area contributed by atoms with Crippen LogP contribution in [0.4, 0.5) is 0 Å². The van der Waals surface area contributed by atoms with E-state index in [-0.39, 0.29) is 6.04 Å². The average molecular weight is 278 g/mol. The lowest BCUT2D eigenvalue weighted by Crippen LogP contribution is -2.44. The molecule has 2 atom stereocenters. The Balaban J connectivity index is 2.56. The van der Waals surface area contributed by atoms with E-state index in [0.717, 1.165) is 25.1 Å². The Labute approximate surface area is 123 Å². The van der Waals surface area contributed by atoms with E-state index in [9.17, 15) is 0 Å². The molecule has 1 aromatic rings. The third-order valence-corrected chi connectivity index (χ3v) is 3.85. The number of methoxy groups -OCH3 is 1. The molecular formula is C17H30N2O. The van der Waals surface area contributed by atoms with Crippen LogP contribution in [-0.4, -0.2) is 19.2 Å². The van der Waals surface area contributed by atoms with Crippen molar-refractivity contribution in [3.8, 4) is 5.75 Å². The van der Waals surface area contributed by atoms with Crippen LogP contribution in [0.15, 0.2) is 24.3 Å². The minimum Gasteiger partial charge on any atom is -0.496 e. The molecule has 0 fully saturated rings. The van der Waals surface area contributed by atoms with Crippen LogP contribution >= 0.6 is 0 Å². The third-order valence-electron chi connectivity index (χ3n) is 3.85. The molecule has 0 aliphatic rings. The van der Waals surface area contributed by atoms with E-state index in [1.54, 1.807) is 7.11 Å². The number of unbranched alkanes of at least 4 members (excludes halogenated alkanes) is 2. The number of ether oxygens (including phenoxy) is 1. The predicted molar refractivity (Wildman–Crippen MR) is 86.0 cm³/mol. The fourth-order valence-corrected chi connectivity index (χ4v) is 2.46. The number of rotatable bonds is 10. The van der Waals surface area contributed by atoms with Gasteiger partial charge in [0.05, 0.1) is 7.11 Å². The summed E-state index contributed by atoms with van der Waals surface area (Å²) in [6.07, 6.45) is 5.94. The van der Waals surface area contributed by atoms with Crippen LogP contribution in [0, 0.1) is 0 Å². The van der Waals surface area contributed by atoms with Crippen LogP contribution in [0.3, 0.4) is 0 Å². The summed E-state index contributed by atoms with van der Waals surface area (Å²) in [6.45, 7) is 5.20. The quantitative estimate of drug-likeness (QED) is 0.644. The second kappa shape index (κ2) is 9.78. The van der Waals surface area contributed by atoms with E-state index in [2.05, 4.69) is 25.2 Å². The summed E-state index contributed by atoms with van der Waals surface area (Å²) < 4.78 is 5.39. The van der Waals surface area contributed by atoms with Crippen molar-refractivity contribution in [3.63, 3.8) is 0 Å². The molecule has 3 heteroatoms. The van der Waals surface area contributed by atoms with Crippen molar-refractivity contribution in [2.24, 2.45) is 5.73 Å². The Kier molecular flexibility index (Phi) is 8.31. The fourth-order valence-electron chi connectivity index (χ4n) is 2.46. The van der Waals surface area contributed by atoms with Gasteiger partial charge in [-0.05, 0) is 18.9 Å². The van der Waals surface area contributed by atoms with Gasteiger partial charge in [0, 0.05) is 24.2 Å². The summed E-state index contributed by atoms with van der Waals surface area (Å²) >= 11 is 0. The first kappa shape index (κ1) is 17.0. The van der Waals surface area contributed by atoms with Crippen LogP contribution in [0.5, 0.6) is 5.75 Å². The monoisotopic (exact) mass is 278 g/mol. The summed E-state index contributed by atoms with van der Waals surface area (Å²) in [6, 6.07) is 8.76. The zero-order valence-electron chi connectivity index (χ0n) is 13.2. The maximum Gasteiger partial charge on any atom is 0.123 e. The fraction of sp³-hybridized carbons (Fsp3) is 0.647. The molecule has 0 radical (unpaired) electrons. The average Bonchev–Trinajstić information content (AvgIpc) is 2.50. The molecule has 1 rings (SSSR count). The van der Waals surface area contributed by atoms with E-state index in [1.165, 1.54) is 24.8 Å². The van der Waals surface area contributed by atoms with Crippen molar-refractivity contribution in [1.82, 2.24) is 5.32 Å². The molecule has 0 bridgehead atoms. The second-order valence-corrected chi connectivity index (χ2v) is 5.37. The van der Waals surface area contributed by atoms with Gasteiger partial charge in [-0.1, -0.05) is 51.3 Å². The van der Waals surface area contributed by atoms with Gasteiger partial charge >= 0.3 is 0 Å². The first-order chi connectivity index (χ1) is 9.72. The predicted octanol–water partition coefficient (Wildman–Crippen LogP) is 3.47. The highest BCUT2D eigenvalue weighted by atomic mass is 16.5. The highest BCUT2D eigenvalue weighted by Gasteiger charge is 2.15. The second-order valence-electron chi connectivity index (χ2n) is 5.37. The van der Waals surface area contributed by atoms with E-state index in [0.29, 0.717) is 6.04 Å². The molecule has 0 aliphatic heterocycles. The van der Waals surface area contributed by atoms with Gasteiger partial charge in [0.2, 0.25) is 0 Å². The lowest BCUT2D eigenvalue weighted by Gasteiger charge is -2.25. The summed E-state index contributed by atoms with van der Waals surface area (Å²) in [5.41, 5.74) is 7.43. The van der Waals surface area contributed by atoms with Crippen LogP contribution in [-0.2, 0) is 6.54 Å². The van der Waals surface area contributed by atoms with E-state index in [4.69, 9.17) is 10.5 Å². The van der Waals surface area contributed by atoms with Gasteiger partial charge in [-0.3, -0.25) is 0 Å². The maximum atomic E-state index is 6.24. The molecule has 0 heterocycles. The minimum absolute atomic E-state index is 0.224. The molecule has 0 saturated heterocycles. The van der Waals surface area contributed by atoms with Gasteiger partial charge in [-0.15, -0.1) is 0 Å². The summed E-state index contributed by atoms with van der Waals surface area (Å²) in [5.74, 6) is 0.942. The summed E-state index contributed by atoms with van der Waals surface area (Å²) in [5, 5.41) is 3.62. The van der Waals surface area contributed by atoms with Crippen molar-refractivity contribution in [2.75, 3.05) is 7.11 Å². The van der Waals surface area contributed by atoms with Crippen molar-refractivity contribution in [2.45, 2.75) is 64.6 Å². The minimum atomic E-state index is 0.224. The Morgan fingerprint density at radius 3 is 2.60 bits per heavy atom. The first-order valence-corrected chi connectivity index (χ1v) is 7.83. The smallest absolute Gasteiger partial charge is 0.123 e. The number of hydrogen-bond acceptors (Lipinski definition) is 3. The number of benzene rings is 1. The van der Waals surface area contributed by atoms with Gasteiger partial charge in [0.1, 0.15) is 5.75 Å². The SMILES string of the molecule is CCCCC[C@H](NCc1ccccc1OC)[C@H](N)CC. The van der Waals surface area contributed by atoms with Crippen molar-refractivity contribution < 1.29 is 4.74 Å². The third kappa shape index (κ3) is 5.51. The summed E-state index contributed by atoms with van der Waals surface area (Å²) in [7, 11) is 1.72. The van der Waals surface area contributed by atoms with Crippen molar-refractivity contribution >= 4 is 0 Å². The topological polar surface area (TPSA) is 47.3 Å². The number of nitrogens with one attached hydrogen (secondary N) is 1. The van der Waals surface area contributed by atoms with Gasteiger partial charge < -0.3 is 15.8 Å². The molecule has 0 amide bonds. The Morgan fingerprint density at radius 2 is 1.95 bits per heavy atom. The van der Waals surface area contributed by atoms with E-state index in [1.807, 2.05) is 18.2 Å². The van der Waals surface area contributed by atoms with Crippen molar-refractivity contribution in [3.05, 3.63) is 29.8 Å². The molecular weight excluding hydrogens is 248 g/mol. The molecule has 114 valence electrons. The molecule has 0 spiro atoms. The highest BCUT2D eigenvalue weighted by molar-refractivity contribution is 5.33. The van der Waals surface area contributed by atoms with Crippen LogP contribution in [0.2, 0.25) is 0 Å². The van der Waals surface area contributed by atoms with E-state index < -0.39 is 0 Å². The molecule has 0 aromatic heterocycles. The van der Waals surface area contributed by atoms with Gasteiger partial charge in [0.15, 0.2) is 0 Å². The lowest BCUT2D eigenvalue weighted by atomic mass is 9.99. The van der Waals surface area contributed by atoms with Crippen LogP contribution in [0.25, 0.3) is 0 Å². The van der Waals surface area contributed by atoms with Crippen molar-refractivity contribution in [1.29, 1.82) is 0 Å². The van der Waals surface area contributed by atoms with Gasteiger partial charge in [-0.25, -0.2) is 0 Å². The standard InChI is InChI=1S/C17H30N2O/c1-4-6-7-11-16(15(18)5-2)19-13-14-10-8-9-12-17(14)20-3/h8-10,12,15-16,19H,4-7,11,13,18H2,1-3H3/t15-,16+/m1/s1. The van der Waals surface area contributed by atoms with Crippen LogP contribution in [0.1, 0.15) is 51.5 Å². The number of hydrogen-bond donors (Lipinski definition) is 2. The number of para-hydroxylation sites is 1. The normalized spacial score (nSPS) is 14.0. The molecule has 20 heavy (non-hydrogen) atoms. The van der Waals surface area contributed by atoms with Crippen LogP contribution < -0.4 is 15.8 Å². The summed E-state index contributed by atoms with van der Waals surface area (Å²) in [4.78, 5) is 0. The van der Waals surface area contributed by atoms with Gasteiger partial charge in [-0.2, -0.15) is 0 Å². The lowest BCUT2D eigenvalue weighted by molar-refractivity contribution is 0.374. The number of nitrogens with two attached hydrogens (primary N) is 1. The Bertz CT molecular complexity index is 368. The molecule has 0 saturated carbocycles. The molecule has 0 unspecified atom stereocenters. The van der Waals surface area contributed by atoms with E-state index >= 15 is 0 Å². The first-order valence-electron chi connectivity index (χ1n) is 7.83. The molecule has 3 nitrogen and oxygen atoms in total. The zero-order chi connectivity index (χ0) is 14.8. The molecule has 3 N–H and O–H groups in total. The molecule has 0 aliphatic carbocycles. The maximum absolute atomic E-state index is 6.24. The van der Waals surface area contributed by atoms with Gasteiger partial charge in [0.25, 0.3) is 0 Å². The zero-order valence-corrected chi connectivity index (χ0v) is 13.2. The highest BCUT2D eigenvalue weighted by Crippen LogP contribution is 2.18. The Hall–Kier alpha value is -1.06. The Morgan fingerprint density at radius 1 is 1.20 bits per heavy atom.